The molecule has 0 radical (unpaired) electrons. The molecule has 0 aliphatic rings. The van der Waals surface area contributed by atoms with Crippen molar-refractivity contribution in [1.82, 2.24) is 5.32 Å². The Labute approximate surface area is 134 Å². The highest BCUT2D eigenvalue weighted by Gasteiger charge is 2.22. The number of carbonyl (C=O) groups excluding carboxylic acids is 3. The summed E-state index contributed by atoms with van der Waals surface area (Å²) in [7, 11) is 0. The quantitative estimate of drug-likeness (QED) is 0.612. The largest absolute Gasteiger partial charge is 0.345 e. The molecule has 23 heavy (non-hydrogen) atoms. The third-order valence-electron chi connectivity index (χ3n) is 3.26. The normalized spacial score (nSPS) is 10.9. The van der Waals surface area contributed by atoms with Crippen LogP contribution in [0.5, 0.6) is 0 Å². The summed E-state index contributed by atoms with van der Waals surface area (Å²) < 4.78 is 0. The van der Waals surface area contributed by atoms with Crippen LogP contribution in [-0.2, 0) is 9.59 Å². The fourth-order valence-corrected chi connectivity index (χ4v) is 1.82. The molecule has 7 heteroatoms. The number of carbonyl (C=O) groups is 3. The maximum Gasteiger partial charge on any atom is 0.282 e. The van der Waals surface area contributed by atoms with Crippen LogP contribution in [0.25, 0.3) is 0 Å². The zero-order valence-corrected chi connectivity index (χ0v) is 13.4. The maximum absolute atomic E-state index is 11.9. The first-order chi connectivity index (χ1) is 10.6. The third kappa shape index (κ3) is 5.61. The number of ketones is 2. The summed E-state index contributed by atoms with van der Waals surface area (Å²) in [5.74, 6) is -1.02. The van der Waals surface area contributed by atoms with Crippen molar-refractivity contribution in [3.05, 3.63) is 39.9 Å². The minimum atomic E-state index is -0.687. The van der Waals surface area contributed by atoms with Gasteiger partial charge in [-0.1, -0.05) is 32.9 Å². The third-order valence-corrected chi connectivity index (χ3v) is 3.26. The van der Waals surface area contributed by atoms with Crippen molar-refractivity contribution >= 4 is 23.2 Å². The first-order valence-corrected chi connectivity index (χ1v) is 7.19. The molecule has 0 unspecified atom stereocenters. The smallest absolute Gasteiger partial charge is 0.282 e. The van der Waals surface area contributed by atoms with Gasteiger partial charge in [0.2, 0.25) is 0 Å². The minimum absolute atomic E-state index is 0.0316. The lowest BCUT2D eigenvalue weighted by atomic mass is 9.88. The molecule has 1 aromatic carbocycles. The number of nitro benzene ring substituents is 1. The van der Waals surface area contributed by atoms with Crippen molar-refractivity contribution in [2.45, 2.75) is 33.6 Å². The lowest BCUT2D eigenvalue weighted by Crippen LogP contribution is -2.30. The molecule has 0 saturated carbocycles. The number of hydrogen-bond donors (Lipinski definition) is 1. The summed E-state index contributed by atoms with van der Waals surface area (Å²) in [4.78, 5) is 45.6. The SMILES string of the molecule is CC(C)(C)C(=O)CCC(=O)CNC(=O)c1ccccc1[N+](=O)[O-]. The van der Waals surface area contributed by atoms with E-state index < -0.39 is 16.2 Å². The number of Topliss-reactive ketones (excluding diaryl/α,β-unsaturated/α-hetero) is 2. The van der Waals surface area contributed by atoms with Crippen LogP contribution in [0.4, 0.5) is 5.69 Å². The van der Waals surface area contributed by atoms with E-state index in [1.54, 1.807) is 20.8 Å². The lowest BCUT2D eigenvalue weighted by Gasteiger charge is -2.15. The van der Waals surface area contributed by atoms with Gasteiger partial charge < -0.3 is 5.32 Å². The van der Waals surface area contributed by atoms with Gasteiger partial charge in [0.15, 0.2) is 5.78 Å². The van der Waals surface area contributed by atoms with Gasteiger partial charge in [0, 0.05) is 24.3 Å². The fraction of sp³-hybridized carbons (Fsp3) is 0.438. The van der Waals surface area contributed by atoms with Gasteiger partial charge >= 0.3 is 0 Å². The van der Waals surface area contributed by atoms with E-state index in [0.29, 0.717) is 0 Å². The van der Waals surface area contributed by atoms with Gasteiger partial charge in [0.1, 0.15) is 11.3 Å². The number of para-hydroxylation sites is 1. The molecule has 1 aromatic rings. The van der Waals surface area contributed by atoms with Crippen molar-refractivity contribution in [2.24, 2.45) is 5.41 Å². The average molecular weight is 320 g/mol. The topological polar surface area (TPSA) is 106 Å². The molecule has 124 valence electrons. The van der Waals surface area contributed by atoms with Gasteiger partial charge in [-0.2, -0.15) is 0 Å². The first-order valence-electron chi connectivity index (χ1n) is 7.19. The molecule has 7 nitrogen and oxygen atoms in total. The maximum atomic E-state index is 11.9. The van der Waals surface area contributed by atoms with Gasteiger partial charge in [0.05, 0.1) is 11.5 Å². The average Bonchev–Trinajstić information content (AvgIpc) is 2.49. The van der Waals surface area contributed by atoms with Crippen molar-refractivity contribution in [3.63, 3.8) is 0 Å². The highest BCUT2D eigenvalue weighted by Crippen LogP contribution is 2.18. The molecular formula is C16H20N2O5. The molecule has 0 aromatic heterocycles. The summed E-state index contributed by atoms with van der Waals surface area (Å²) in [5, 5.41) is 13.2. The van der Waals surface area contributed by atoms with Crippen molar-refractivity contribution in [2.75, 3.05) is 6.54 Å². The second-order valence-corrected chi connectivity index (χ2v) is 6.17. The molecule has 0 aliphatic heterocycles. The molecule has 0 aliphatic carbocycles. The summed E-state index contributed by atoms with van der Waals surface area (Å²) in [6.45, 7) is 5.06. The Hall–Kier alpha value is -2.57. The monoisotopic (exact) mass is 320 g/mol. The molecule has 1 amide bonds. The van der Waals surface area contributed by atoms with E-state index in [4.69, 9.17) is 0 Å². The van der Waals surface area contributed by atoms with Crippen LogP contribution in [-0.4, -0.2) is 28.9 Å². The number of rotatable bonds is 7. The highest BCUT2D eigenvalue weighted by atomic mass is 16.6. The fourth-order valence-electron chi connectivity index (χ4n) is 1.82. The number of nitrogens with zero attached hydrogens (tertiary/aromatic N) is 1. The van der Waals surface area contributed by atoms with Gasteiger partial charge in [-0.25, -0.2) is 0 Å². The van der Waals surface area contributed by atoms with Gasteiger partial charge in [-0.15, -0.1) is 0 Å². The Morgan fingerprint density at radius 2 is 1.74 bits per heavy atom. The number of nitrogens with one attached hydrogen (secondary N) is 1. The zero-order chi connectivity index (χ0) is 17.6. The van der Waals surface area contributed by atoms with Crippen LogP contribution in [0, 0.1) is 15.5 Å². The molecular weight excluding hydrogens is 300 g/mol. The molecule has 0 fully saturated rings. The van der Waals surface area contributed by atoms with Crippen LogP contribution in [0.3, 0.4) is 0 Å². The second-order valence-electron chi connectivity index (χ2n) is 6.17. The Morgan fingerprint density at radius 3 is 2.30 bits per heavy atom. The zero-order valence-electron chi connectivity index (χ0n) is 13.4. The highest BCUT2D eigenvalue weighted by molar-refractivity contribution is 6.00. The Balaban J connectivity index is 2.56. The lowest BCUT2D eigenvalue weighted by molar-refractivity contribution is -0.385. The predicted octanol–water partition coefficient (Wildman–Crippen LogP) is 2.29. The van der Waals surface area contributed by atoms with Gasteiger partial charge in [0.25, 0.3) is 11.6 Å². The van der Waals surface area contributed by atoms with Gasteiger partial charge in [-0.3, -0.25) is 24.5 Å². The molecule has 1 N–H and O–H groups in total. The van der Waals surface area contributed by atoms with E-state index >= 15 is 0 Å². The molecule has 0 heterocycles. The molecule has 1 rings (SSSR count). The number of nitro groups is 1. The van der Waals surface area contributed by atoms with Crippen molar-refractivity contribution < 1.29 is 19.3 Å². The Morgan fingerprint density at radius 1 is 1.13 bits per heavy atom. The molecule has 0 bridgehead atoms. The second kappa shape index (κ2) is 7.62. The van der Waals surface area contributed by atoms with E-state index in [9.17, 15) is 24.5 Å². The van der Waals surface area contributed by atoms with Crippen LogP contribution < -0.4 is 5.32 Å². The van der Waals surface area contributed by atoms with Crippen LogP contribution in [0.15, 0.2) is 24.3 Å². The van der Waals surface area contributed by atoms with Crippen molar-refractivity contribution in [3.8, 4) is 0 Å². The van der Waals surface area contributed by atoms with E-state index in [-0.39, 0.29) is 42.2 Å². The van der Waals surface area contributed by atoms with Gasteiger partial charge in [-0.05, 0) is 6.07 Å². The molecule has 0 spiro atoms. The van der Waals surface area contributed by atoms with E-state index in [1.165, 1.54) is 24.3 Å². The molecule has 0 saturated heterocycles. The van der Waals surface area contributed by atoms with E-state index in [1.807, 2.05) is 0 Å². The van der Waals surface area contributed by atoms with Crippen LogP contribution in [0.2, 0.25) is 0 Å². The predicted molar refractivity (Wildman–Crippen MR) is 84.1 cm³/mol. The van der Waals surface area contributed by atoms with Crippen LogP contribution in [0.1, 0.15) is 44.0 Å². The minimum Gasteiger partial charge on any atom is -0.345 e. The van der Waals surface area contributed by atoms with E-state index in [0.717, 1.165) is 0 Å². The summed E-state index contributed by atoms with van der Waals surface area (Å²) in [6, 6.07) is 5.50. The summed E-state index contributed by atoms with van der Waals surface area (Å²) in [5.41, 5.74) is -0.926. The number of amides is 1. The summed E-state index contributed by atoms with van der Waals surface area (Å²) >= 11 is 0. The Kier molecular flexibility index (Phi) is 6.12. The Bertz CT molecular complexity index is 632. The van der Waals surface area contributed by atoms with Crippen LogP contribution >= 0.6 is 0 Å². The number of hydrogen-bond acceptors (Lipinski definition) is 5. The summed E-state index contributed by atoms with van der Waals surface area (Å²) in [6.07, 6.45) is 0.150. The van der Waals surface area contributed by atoms with Crippen molar-refractivity contribution in [1.29, 1.82) is 0 Å². The van der Waals surface area contributed by atoms with E-state index in [2.05, 4.69) is 5.32 Å². The number of benzene rings is 1. The first kappa shape index (κ1) is 18.5. The molecule has 0 atom stereocenters. The standard InChI is InChI=1S/C16H20N2O5/c1-16(2,3)14(20)9-8-11(19)10-17-15(21)12-6-4-5-7-13(12)18(22)23/h4-7H,8-10H2,1-3H3,(H,17,21).